The second kappa shape index (κ2) is 7.08. The van der Waals surface area contributed by atoms with E-state index in [1.54, 1.807) is 17.7 Å². The van der Waals surface area contributed by atoms with Gasteiger partial charge < -0.3 is 0 Å². The Bertz CT molecular complexity index is 1020. The highest BCUT2D eigenvalue weighted by Crippen LogP contribution is 2.22. The minimum absolute atomic E-state index is 0.0834. The number of rotatable bonds is 6. The zero-order valence-electron chi connectivity index (χ0n) is 14.1. The summed E-state index contributed by atoms with van der Waals surface area (Å²) >= 11 is 6.00. The average Bonchev–Trinajstić information content (AvgIpc) is 3.17. The summed E-state index contributed by atoms with van der Waals surface area (Å²) in [4.78, 5) is 0.101. The lowest BCUT2D eigenvalue weighted by Crippen LogP contribution is -2.13. The highest BCUT2D eigenvalue weighted by Gasteiger charge is 2.21. The summed E-state index contributed by atoms with van der Waals surface area (Å²) in [7, 11) is -3.80. The first kappa shape index (κ1) is 18.4. The third-order valence-electron chi connectivity index (χ3n) is 3.78. The third-order valence-corrected chi connectivity index (χ3v) is 5.62. The number of hydrogen-bond acceptors (Lipinski definition) is 4. The van der Waals surface area contributed by atoms with Crippen LogP contribution in [0.5, 0.6) is 0 Å². The van der Waals surface area contributed by atoms with Crippen LogP contribution in [0, 0.1) is 12.7 Å². The van der Waals surface area contributed by atoms with Crippen molar-refractivity contribution in [1.82, 2.24) is 19.6 Å². The molecule has 26 heavy (non-hydrogen) atoms. The molecular weight excluding hydrogens is 381 g/mol. The van der Waals surface area contributed by atoms with Crippen molar-refractivity contribution in [3.63, 3.8) is 0 Å². The number of sulfonamides is 1. The fourth-order valence-electron chi connectivity index (χ4n) is 2.48. The summed E-state index contributed by atoms with van der Waals surface area (Å²) in [5, 5.41) is 8.48. The molecular formula is C16H17ClFN5O2S. The van der Waals surface area contributed by atoms with Crippen molar-refractivity contribution in [2.24, 2.45) is 0 Å². The second-order valence-electron chi connectivity index (χ2n) is 5.67. The minimum Gasteiger partial charge on any atom is -0.276 e. The lowest BCUT2D eigenvalue weighted by Gasteiger charge is -2.06. The van der Waals surface area contributed by atoms with Crippen molar-refractivity contribution < 1.29 is 12.8 Å². The maximum atomic E-state index is 13.9. The number of nitrogens with zero attached hydrogens (tertiary/aromatic N) is 4. The molecule has 3 aromatic rings. The molecule has 1 N–H and O–H groups in total. The van der Waals surface area contributed by atoms with Crippen LogP contribution < -0.4 is 4.72 Å². The van der Waals surface area contributed by atoms with Crippen LogP contribution in [0.2, 0.25) is 5.02 Å². The number of benzene rings is 1. The number of halogens is 2. The molecule has 0 aliphatic rings. The molecule has 0 spiro atoms. The van der Waals surface area contributed by atoms with E-state index in [4.69, 9.17) is 11.6 Å². The van der Waals surface area contributed by atoms with Gasteiger partial charge in [-0.15, -0.1) is 0 Å². The quantitative estimate of drug-likeness (QED) is 0.693. The molecule has 3 rings (SSSR count). The molecule has 0 radical (unpaired) electrons. The third kappa shape index (κ3) is 3.73. The monoisotopic (exact) mass is 397 g/mol. The summed E-state index contributed by atoms with van der Waals surface area (Å²) in [5.74, 6) is -0.447. The van der Waals surface area contributed by atoms with E-state index in [1.165, 1.54) is 35.4 Å². The lowest BCUT2D eigenvalue weighted by molar-refractivity contribution is 0.585. The standard InChI is InChI=1S/C16H17ClFN5O2S/c1-3-22-10-16(11(2)20-22)26(24,25)21-12-7-19-23(8-12)9-13-14(17)5-4-6-15(13)18/h4-8,10,21H,3,9H2,1-2H3. The molecule has 7 nitrogen and oxygen atoms in total. The van der Waals surface area contributed by atoms with Gasteiger partial charge in [0.25, 0.3) is 10.0 Å². The fraction of sp³-hybridized carbons (Fsp3) is 0.250. The molecule has 138 valence electrons. The van der Waals surface area contributed by atoms with Gasteiger partial charge in [0.1, 0.15) is 10.7 Å². The van der Waals surface area contributed by atoms with Crippen LogP contribution in [-0.4, -0.2) is 28.0 Å². The topological polar surface area (TPSA) is 81.8 Å². The van der Waals surface area contributed by atoms with Gasteiger partial charge in [-0.05, 0) is 26.0 Å². The van der Waals surface area contributed by atoms with Gasteiger partial charge >= 0.3 is 0 Å². The molecule has 0 aliphatic heterocycles. The number of aromatic nitrogens is 4. The van der Waals surface area contributed by atoms with Crippen LogP contribution >= 0.6 is 11.6 Å². The van der Waals surface area contributed by atoms with Gasteiger partial charge in [-0.3, -0.25) is 14.1 Å². The van der Waals surface area contributed by atoms with E-state index in [0.29, 0.717) is 12.2 Å². The zero-order valence-corrected chi connectivity index (χ0v) is 15.7. The van der Waals surface area contributed by atoms with Crippen LogP contribution in [0.3, 0.4) is 0 Å². The molecule has 1 aromatic carbocycles. The maximum Gasteiger partial charge on any atom is 0.265 e. The van der Waals surface area contributed by atoms with Crippen molar-refractivity contribution in [3.05, 3.63) is 58.9 Å². The molecule has 0 fully saturated rings. The number of nitrogens with one attached hydrogen (secondary N) is 1. The summed E-state index contributed by atoms with van der Waals surface area (Å²) in [6, 6.07) is 4.41. The molecule has 0 saturated carbocycles. The molecule has 0 atom stereocenters. The van der Waals surface area contributed by atoms with E-state index >= 15 is 0 Å². The van der Waals surface area contributed by atoms with Crippen molar-refractivity contribution in [1.29, 1.82) is 0 Å². The lowest BCUT2D eigenvalue weighted by atomic mass is 10.2. The zero-order chi connectivity index (χ0) is 18.9. The highest BCUT2D eigenvalue weighted by molar-refractivity contribution is 7.92. The van der Waals surface area contributed by atoms with Crippen molar-refractivity contribution in [2.75, 3.05) is 4.72 Å². The average molecular weight is 398 g/mol. The molecule has 0 amide bonds. The summed E-state index contributed by atoms with van der Waals surface area (Å²) in [6.07, 6.45) is 4.30. The number of hydrogen-bond donors (Lipinski definition) is 1. The molecule has 2 heterocycles. The normalized spacial score (nSPS) is 11.7. The molecule has 0 saturated heterocycles. The second-order valence-corrected chi connectivity index (χ2v) is 7.72. The van der Waals surface area contributed by atoms with Crippen molar-refractivity contribution in [3.8, 4) is 0 Å². The van der Waals surface area contributed by atoms with Gasteiger partial charge in [-0.2, -0.15) is 10.2 Å². The maximum absolute atomic E-state index is 13.9. The summed E-state index contributed by atoms with van der Waals surface area (Å²) in [6.45, 7) is 4.15. The van der Waals surface area contributed by atoms with Crippen LogP contribution in [-0.2, 0) is 23.1 Å². The van der Waals surface area contributed by atoms with E-state index in [1.807, 2.05) is 6.92 Å². The van der Waals surface area contributed by atoms with Gasteiger partial charge in [0.2, 0.25) is 0 Å². The van der Waals surface area contributed by atoms with Crippen molar-refractivity contribution >= 4 is 27.3 Å². The van der Waals surface area contributed by atoms with E-state index in [0.717, 1.165) is 0 Å². The Morgan fingerprint density at radius 2 is 2.04 bits per heavy atom. The first-order valence-electron chi connectivity index (χ1n) is 7.82. The van der Waals surface area contributed by atoms with Gasteiger partial charge in [0.15, 0.2) is 0 Å². The predicted octanol–water partition coefficient (Wildman–Crippen LogP) is 3.05. The van der Waals surface area contributed by atoms with E-state index in [9.17, 15) is 12.8 Å². The van der Waals surface area contributed by atoms with Crippen molar-refractivity contribution in [2.45, 2.75) is 31.8 Å². The van der Waals surface area contributed by atoms with E-state index < -0.39 is 15.8 Å². The number of anilines is 1. The van der Waals surface area contributed by atoms with Gasteiger partial charge in [0.05, 0.1) is 24.1 Å². The van der Waals surface area contributed by atoms with Gasteiger partial charge in [-0.25, -0.2) is 12.8 Å². The molecule has 2 aromatic heterocycles. The Morgan fingerprint density at radius 1 is 1.27 bits per heavy atom. The Hall–Kier alpha value is -2.39. The molecule has 10 heteroatoms. The Kier molecular flexibility index (Phi) is 5.01. The first-order chi connectivity index (χ1) is 12.3. The van der Waals surface area contributed by atoms with Gasteiger partial charge in [-0.1, -0.05) is 17.7 Å². The van der Waals surface area contributed by atoms with Crippen LogP contribution in [0.15, 0.2) is 41.7 Å². The van der Waals surface area contributed by atoms with Gasteiger partial charge in [0, 0.05) is 29.5 Å². The highest BCUT2D eigenvalue weighted by atomic mass is 35.5. The summed E-state index contributed by atoms with van der Waals surface area (Å²) in [5.41, 5.74) is 0.956. The predicted molar refractivity (Wildman–Crippen MR) is 96.2 cm³/mol. The van der Waals surface area contributed by atoms with Crippen LogP contribution in [0.4, 0.5) is 10.1 Å². The fourth-order valence-corrected chi connectivity index (χ4v) is 3.92. The Balaban J connectivity index is 1.81. The Morgan fingerprint density at radius 3 is 2.69 bits per heavy atom. The van der Waals surface area contributed by atoms with Crippen LogP contribution in [0.1, 0.15) is 18.2 Å². The largest absolute Gasteiger partial charge is 0.276 e. The smallest absolute Gasteiger partial charge is 0.265 e. The number of aryl methyl sites for hydroxylation is 2. The van der Waals surface area contributed by atoms with Crippen LogP contribution in [0.25, 0.3) is 0 Å². The van der Waals surface area contributed by atoms with E-state index in [-0.39, 0.29) is 27.7 Å². The molecule has 0 unspecified atom stereocenters. The SMILES string of the molecule is CCn1cc(S(=O)(=O)Nc2cnn(Cc3c(F)cccc3Cl)c2)c(C)n1. The summed E-state index contributed by atoms with van der Waals surface area (Å²) < 4.78 is 44.4. The Labute approximate surface area is 155 Å². The molecule has 0 bridgehead atoms. The molecule has 0 aliphatic carbocycles. The first-order valence-corrected chi connectivity index (χ1v) is 9.68. The van der Waals surface area contributed by atoms with E-state index in [2.05, 4.69) is 14.9 Å². The minimum atomic E-state index is -3.80.